The molecule has 2 rings (SSSR count). The van der Waals surface area contributed by atoms with Crippen molar-refractivity contribution in [2.75, 3.05) is 13.1 Å². The van der Waals surface area contributed by atoms with Crippen LogP contribution in [0.3, 0.4) is 0 Å². The van der Waals surface area contributed by atoms with Crippen LogP contribution >= 0.6 is 0 Å². The van der Waals surface area contributed by atoms with Gasteiger partial charge in [0.05, 0.1) is 0 Å². The summed E-state index contributed by atoms with van der Waals surface area (Å²) in [7, 11) is 0. The summed E-state index contributed by atoms with van der Waals surface area (Å²) in [5.41, 5.74) is 2.33. The maximum atomic E-state index is 12.0. The highest BCUT2D eigenvalue weighted by Crippen LogP contribution is 2.32. The number of aromatic hydroxyl groups is 1. The Kier molecular flexibility index (Phi) is 4.26. The van der Waals surface area contributed by atoms with E-state index >= 15 is 0 Å². The van der Waals surface area contributed by atoms with Gasteiger partial charge in [-0.3, -0.25) is 0 Å². The van der Waals surface area contributed by atoms with Crippen molar-refractivity contribution in [1.82, 2.24) is 4.90 Å². The monoisotopic (exact) mass is 289 g/mol. The van der Waals surface area contributed by atoms with Crippen LogP contribution in [0.15, 0.2) is 24.3 Å². The van der Waals surface area contributed by atoms with Gasteiger partial charge in [-0.2, -0.15) is 0 Å². The molecule has 1 aliphatic rings. The molecule has 1 amide bonds. The number of ether oxygens (including phenoxy) is 1. The van der Waals surface area contributed by atoms with E-state index in [9.17, 15) is 9.90 Å². The summed E-state index contributed by atoms with van der Waals surface area (Å²) in [6, 6.07) is 5.73. The normalized spacial score (nSPS) is 15.6. The highest BCUT2D eigenvalue weighted by atomic mass is 16.6. The second kappa shape index (κ2) is 5.80. The average Bonchev–Trinajstić information content (AvgIpc) is 2.40. The molecule has 0 saturated heterocycles. The Bertz CT molecular complexity index is 570. The minimum atomic E-state index is -0.476. The Morgan fingerprint density at radius 2 is 2.05 bits per heavy atom. The van der Waals surface area contributed by atoms with E-state index in [1.807, 2.05) is 52.0 Å². The molecule has 1 aliphatic heterocycles. The van der Waals surface area contributed by atoms with E-state index < -0.39 is 5.60 Å². The zero-order chi connectivity index (χ0) is 15.6. The second-order valence-electron chi connectivity index (χ2n) is 6.38. The topological polar surface area (TPSA) is 49.8 Å². The third-order valence-electron chi connectivity index (χ3n) is 3.44. The van der Waals surface area contributed by atoms with Crippen molar-refractivity contribution in [1.29, 1.82) is 0 Å². The maximum absolute atomic E-state index is 12.0. The lowest BCUT2D eigenvalue weighted by molar-refractivity contribution is 0.0270. The van der Waals surface area contributed by atoms with Gasteiger partial charge in [0, 0.05) is 18.7 Å². The molecule has 1 N–H and O–H groups in total. The van der Waals surface area contributed by atoms with Crippen LogP contribution in [0.25, 0.3) is 5.57 Å². The van der Waals surface area contributed by atoms with Crippen LogP contribution < -0.4 is 0 Å². The first-order valence-corrected chi connectivity index (χ1v) is 7.24. The lowest BCUT2D eigenvalue weighted by Gasteiger charge is -2.29. The summed E-state index contributed by atoms with van der Waals surface area (Å²) in [5, 5.41) is 10.1. The molecule has 0 radical (unpaired) electrons. The van der Waals surface area contributed by atoms with Crippen LogP contribution in [0, 0.1) is 6.92 Å². The van der Waals surface area contributed by atoms with Crippen LogP contribution in [-0.2, 0) is 4.74 Å². The largest absolute Gasteiger partial charge is 0.507 e. The van der Waals surface area contributed by atoms with Gasteiger partial charge in [-0.15, -0.1) is 0 Å². The predicted octanol–water partition coefficient (Wildman–Crippen LogP) is 3.72. The number of hydrogen-bond donors (Lipinski definition) is 1. The lowest BCUT2D eigenvalue weighted by Crippen LogP contribution is -2.39. The number of carbonyl (C=O) groups excluding carboxylic acids is 1. The number of amides is 1. The number of nitrogens with zero attached hydrogens (tertiary/aromatic N) is 1. The summed E-state index contributed by atoms with van der Waals surface area (Å²) in [6.07, 6.45) is 2.42. The van der Waals surface area contributed by atoms with Crippen molar-refractivity contribution >= 4 is 11.7 Å². The maximum Gasteiger partial charge on any atom is 0.410 e. The average molecular weight is 289 g/mol. The molecule has 0 aliphatic carbocycles. The smallest absolute Gasteiger partial charge is 0.410 e. The van der Waals surface area contributed by atoms with Gasteiger partial charge in [0.15, 0.2) is 0 Å². The first-order valence-electron chi connectivity index (χ1n) is 7.24. The summed E-state index contributed by atoms with van der Waals surface area (Å²) in [4.78, 5) is 13.7. The van der Waals surface area contributed by atoms with E-state index in [1.165, 1.54) is 0 Å². The van der Waals surface area contributed by atoms with E-state index in [0.717, 1.165) is 23.1 Å². The molecule has 0 bridgehead atoms. The number of aryl methyl sites for hydroxylation is 1. The molecule has 0 spiro atoms. The van der Waals surface area contributed by atoms with Gasteiger partial charge in [0.25, 0.3) is 0 Å². The Hall–Kier alpha value is -1.97. The molecule has 21 heavy (non-hydrogen) atoms. The molecule has 0 aromatic heterocycles. The van der Waals surface area contributed by atoms with Gasteiger partial charge in [-0.05, 0) is 45.3 Å². The number of benzene rings is 1. The second-order valence-corrected chi connectivity index (χ2v) is 6.38. The molecule has 1 aromatic rings. The summed E-state index contributed by atoms with van der Waals surface area (Å²) < 4.78 is 5.37. The van der Waals surface area contributed by atoms with Crippen LogP contribution in [0.4, 0.5) is 4.79 Å². The fourth-order valence-electron chi connectivity index (χ4n) is 2.32. The van der Waals surface area contributed by atoms with Crippen LogP contribution in [0.1, 0.15) is 38.3 Å². The Labute approximate surface area is 126 Å². The molecule has 114 valence electrons. The Morgan fingerprint density at radius 1 is 1.33 bits per heavy atom. The standard InChI is InChI=1S/C17H23NO3/c1-12-6-5-7-14(15(12)19)13-8-10-18(11-9-13)16(20)21-17(2,3)4/h5-8,19H,9-11H2,1-4H3. The van der Waals surface area contributed by atoms with Crippen LogP contribution in [0.2, 0.25) is 0 Å². The minimum absolute atomic E-state index is 0.286. The first-order chi connectivity index (χ1) is 9.78. The van der Waals surface area contributed by atoms with E-state index in [4.69, 9.17) is 4.74 Å². The van der Waals surface area contributed by atoms with E-state index in [2.05, 4.69) is 0 Å². The zero-order valence-electron chi connectivity index (χ0n) is 13.1. The molecule has 0 fully saturated rings. The molecular formula is C17H23NO3. The third-order valence-corrected chi connectivity index (χ3v) is 3.44. The Balaban J connectivity index is 2.09. The van der Waals surface area contributed by atoms with Gasteiger partial charge in [-0.25, -0.2) is 4.79 Å². The van der Waals surface area contributed by atoms with Gasteiger partial charge in [0.2, 0.25) is 0 Å². The van der Waals surface area contributed by atoms with E-state index in [0.29, 0.717) is 18.8 Å². The van der Waals surface area contributed by atoms with Gasteiger partial charge >= 0.3 is 6.09 Å². The van der Waals surface area contributed by atoms with E-state index in [1.54, 1.807) is 4.90 Å². The van der Waals surface area contributed by atoms with E-state index in [-0.39, 0.29) is 6.09 Å². The van der Waals surface area contributed by atoms with Crippen LogP contribution in [-0.4, -0.2) is 34.8 Å². The lowest BCUT2D eigenvalue weighted by atomic mass is 9.97. The summed E-state index contributed by atoms with van der Waals surface area (Å²) in [5.74, 6) is 0.328. The van der Waals surface area contributed by atoms with Crippen molar-refractivity contribution in [3.05, 3.63) is 35.4 Å². The van der Waals surface area contributed by atoms with Crippen molar-refractivity contribution in [2.45, 2.75) is 39.7 Å². The molecule has 4 nitrogen and oxygen atoms in total. The van der Waals surface area contributed by atoms with Gasteiger partial charge in [0.1, 0.15) is 11.4 Å². The minimum Gasteiger partial charge on any atom is -0.507 e. The number of phenolic OH excluding ortho intramolecular Hbond substituents is 1. The van der Waals surface area contributed by atoms with Crippen LogP contribution in [0.5, 0.6) is 5.75 Å². The molecule has 0 saturated carbocycles. The predicted molar refractivity (Wildman–Crippen MR) is 83.2 cm³/mol. The number of phenols is 1. The molecule has 4 heteroatoms. The van der Waals surface area contributed by atoms with Crippen molar-refractivity contribution in [2.24, 2.45) is 0 Å². The molecule has 1 aromatic carbocycles. The van der Waals surface area contributed by atoms with Crippen molar-refractivity contribution in [3.8, 4) is 5.75 Å². The molecule has 0 atom stereocenters. The van der Waals surface area contributed by atoms with Gasteiger partial charge < -0.3 is 14.7 Å². The fraction of sp³-hybridized carbons (Fsp3) is 0.471. The summed E-state index contributed by atoms with van der Waals surface area (Å²) in [6.45, 7) is 8.59. The molecule has 0 unspecified atom stereocenters. The highest BCUT2D eigenvalue weighted by molar-refractivity contribution is 5.75. The van der Waals surface area contributed by atoms with Crippen molar-refractivity contribution in [3.63, 3.8) is 0 Å². The highest BCUT2D eigenvalue weighted by Gasteiger charge is 2.24. The van der Waals surface area contributed by atoms with Crippen molar-refractivity contribution < 1.29 is 14.6 Å². The quantitative estimate of drug-likeness (QED) is 0.857. The summed E-state index contributed by atoms with van der Waals surface area (Å²) >= 11 is 0. The molecule has 1 heterocycles. The van der Waals surface area contributed by atoms with Gasteiger partial charge in [-0.1, -0.05) is 24.3 Å². The number of para-hydroxylation sites is 1. The fourth-order valence-corrected chi connectivity index (χ4v) is 2.32. The third kappa shape index (κ3) is 3.78. The zero-order valence-corrected chi connectivity index (χ0v) is 13.1. The molecular weight excluding hydrogens is 266 g/mol. The number of carbonyl (C=O) groups is 1. The number of rotatable bonds is 1. The first kappa shape index (κ1) is 15.4. The Morgan fingerprint density at radius 3 is 2.62 bits per heavy atom. The number of hydrogen-bond acceptors (Lipinski definition) is 3. The SMILES string of the molecule is Cc1cccc(C2=CCN(C(=O)OC(C)(C)C)CC2)c1O.